The Morgan fingerprint density at radius 1 is 0.970 bits per heavy atom. The predicted octanol–water partition coefficient (Wildman–Crippen LogP) is 3.33. The second-order valence-corrected chi connectivity index (χ2v) is 10.9. The molecule has 2 aromatic carbocycles. The highest BCUT2D eigenvalue weighted by Crippen LogP contribution is 2.43. The fourth-order valence-corrected chi connectivity index (χ4v) is 6.67. The Bertz CT molecular complexity index is 1210. The van der Waals surface area contributed by atoms with Crippen LogP contribution >= 0.6 is 0 Å². The van der Waals surface area contributed by atoms with Gasteiger partial charge in [-0.15, -0.1) is 0 Å². The molecule has 174 valence electrons. The molecule has 3 heterocycles. The van der Waals surface area contributed by atoms with Gasteiger partial charge in [0.15, 0.2) is 0 Å². The van der Waals surface area contributed by atoms with Gasteiger partial charge in [-0.1, -0.05) is 42.5 Å². The molecule has 7 nitrogen and oxygen atoms in total. The van der Waals surface area contributed by atoms with Crippen molar-refractivity contribution in [2.75, 3.05) is 33.0 Å². The van der Waals surface area contributed by atoms with E-state index in [4.69, 9.17) is 9.72 Å². The number of ether oxygens (including phenoxy) is 1. The summed E-state index contributed by atoms with van der Waals surface area (Å²) in [5.74, 6) is 1.73. The lowest BCUT2D eigenvalue weighted by atomic mass is 9.85. The van der Waals surface area contributed by atoms with Crippen molar-refractivity contribution in [3.05, 3.63) is 72.2 Å². The summed E-state index contributed by atoms with van der Waals surface area (Å²) in [4.78, 5) is 7.22. The normalized spacial score (nSPS) is 18.8. The van der Waals surface area contributed by atoms with Gasteiger partial charge in [0, 0.05) is 32.7 Å². The van der Waals surface area contributed by atoms with Gasteiger partial charge in [0.2, 0.25) is 10.0 Å². The average molecular weight is 467 g/mol. The highest BCUT2D eigenvalue weighted by Gasteiger charge is 2.50. The zero-order valence-electron chi connectivity index (χ0n) is 19.1. The quantitative estimate of drug-likeness (QED) is 0.577. The number of nitrogens with zero attached hydrogens (tertiary/aromatic N) is 4. The molecule has 2 aliphatic heterocycles. The van der Waals surface area contributed by atoms with Crippen LogP contribution in [0.4, 0.5) is 0 Å². The number of fused-ring (bicyclic) bond motifs is 2. The van der Waals surface area contributed by atoms with E-state index in [1.165, 1.54) is 11.8 Å². The molecule has 3 aromatic rings. The first kappa shape index (κ1) is 22.1. The second-order valence-electron chi connectivity index (χ2n) is 8.98. The van der Waals surface area contributed by atoms with Gasteiger partial charge in [-0.2, -0.15) is 4.31 Å². The second kappa shape index (κ2) is 8.59. The molecule has 0 atom stereocenters. The summed E-state index contributed by atoms with van der Waals surface area (Å²) in [6.45, 7) is 3.55. The largest absolute Gasteiger partial charge is 0.497 e. The van der Waals surface area contributed by atoms with Crippen molar-refractivity contribution in [3.8, 4) is 17.0 Å². The maximum absolute atomic E-state index is 12.8. The lowest BCUT2D eigenvalue weighted by Crippen LogP contribution is -2.59. The number of sulfonamides is 1. The number of piperidine rings is 1. The van der Waals surface area contributed by atoms with Crippen LogP contribution in [0, 0.1) is 0 Å². The number of benzene rings is 2. The molecule has 0 amide bonds. The summed E-state index contributed by atoms with van der Waals surface area (Å²) in [5.41, 5.74) is 2.79. The molecule has 0 saturated carbocycles. The molecule has 0 bridgehead atoms. The van der Waals surface area contributed by atoms with Gasteiger partial charge < -0.3 is 9.30 Å². The molecule has 5 rings (SSSR count). The number of likely N-dealkylation sites (tertiary alicyclic amines) is 1. The molecule has 0 N–H and O–H groups in total. The van der Waals surface area contributed by atoms with Crippen LogP contribution in [-0.2, 0) is 28.7 Å². The number of methoxy groups -OCH3 is 1. The Morgan fingerprint density at radius 3 is 2.30 bits per heavy atom. The van der Waals surface area contributed by atoms with Crippen LogP contribution in [0.5, 0.6) is 5.75 Å². The highest BCUT2D eigenvalue weighted by molar-refractivity contribution is 7.88. The molecule has 1 aromatic heterocycles. The minimum absolute atomic E-state index is 0.473. The number of hydrogen-bond acceptors (Lipinski definition) is 5. The van der Waals surface area contributed by atoms with Crippen molar-refractivity contribution in [3.63, 3.8) is 0 Å². The van der Waals surface area contributed by atoms with Crippen molar-refractivity contribution < 1.29 is 13.2 Å². The Labute approximate surface area is 195 Å². The maximum Gasteiger partial charge on any atom is 0.212 e. The Morgan fingerprint density at radius 2 is 1.67 bits per heavy atom. The molecule has 2 aliphatic rings. The predicted molar refractivity (Wildman–Crippen MR) is 128 cm³/mol. The Kier molecular flexibility index (Phi) is 5.76. The van der Waals surface area contributed by atoms with E-state index in [9.17, 15) is 8.42 Å². The monoisotopic (exact) mass is 466 g/mol. The first-order chi connectivity index (χ1) is 15.9. The van der Waals surface area contributed by atoms with Crippen molar-refractivity contribution in [1.82, 2.24) is 18.8 Å². The molecule has 0 radical (unpaired) electrons. The fraction of sp³-hybridized carbons (Fsp3) is 0.400. The first-order valence-corrected chi connectivity index (χ1v) is 13.2. The summed E-state index contributed by atoms with van der Waals surface area (Å²) in [5, 5.41) is 0. The van der Waals surface area contributed by atoms with Gasteiger partial charge >= 0.3 is 0 Å². The zero-order chi connectivity index (χ0) is 23.1. The van der Waals surface area contributed by atoms with Crippen LogP contribution in [0.2, 0.25) is 0 Å². The summed E-state index contributed by atoms with van der Waals surface area (Å²) in [6, 6.07) is 18.3. The molecular formula is C25H30N4O3S. The van der Waals surface area contributed by atoms with Gasteiger partial charge in [-0.3, -0.25) is 4.90 Å². The molecule has 8 heteroatoms. The lowest BCUT2D eigenvalue weighted by molar-refractivity contribution is 0.0457. The Hall–Kier alpha value is -2.68. The third-order valence-electron chi connectivity index (χ3n) is 6.99. The first-order valence-electron chi connectivity index (χ1n) is 11.4. The van der Waals surface area contributed by atoms with Gasteiger partial charge in [0.05, 0.1) is 30.8 Å². The third-order valence-corrected chi connectivity index (χ3v) is 8.33. The standard InChI is InChI=1S/C25H30N4O3S/c1-32-22-10-8-20(9-11-22)19-27-14-12-25(13-15-27)24-26-18-23(21-6-4-3-5-7-21)28(24)16-17-29(25)33(2,30)31/h3-11,18H,12-17,19H2,1-2H3. The molecule has 1 fully saturated rings. The SMILES string of the molecule is COc1ccc(CN2CCC3(CC2)c2ncc(-c4ccccc4)n2CCN3S(C)(=O)=O)cc1. The van der Waals surface area contributed by atoms with E-state index in [-0.39, 0.29) is 0 Å². The summed E-state index contributed by atoms with van der Waals surface area (Å²) < 4.78 is 34.9. The van der Waals surface area contributed by atoms with Crippen molar-refractivity contribution >= 4 is 10.0 Å². The molecule has 0 unspecified atom stereocenters. The summed E-state index contributed by atoms with van der Waals surface area (Å²) >= 11 is 0. The van der Waals surface area contributed by atoms with E-state index in [1.54, 1.807) is 11.4 Å². The fourth-order valence-electron chi connectivity index (χ4n) is 5.36. The van der Waals surface area contributed by atoms with Crippen molar-refractivity contribution in [2.24, 2.45) is 0 Å². The van der Waals surface area contributed by atoms with Crippen molar-refractivity contribution in [2.45, 2.75) is 31.5 Å². The van der Waals surface area contributed by atoms with Crippen LogP contribution in [0.3, 0.4) is 0 Å². The molecular weight excluding hydrogens is 436 g/mol. The van der Waals surface area contributed by atoms with Crippen LogP contribution in [0.1, 0.15) is 24.2 Å². The number of aromatic nitrogens is 2. The highest BCUT2D eigenvalue weighted by atomic mass is 32.2. The van der Waals surface area contributed by atoms with Gasteiger partial charge in [-0.25, -0.2) is 13.4 Å². The minimum Gasteiger partial charge on any atom is -0.497 e. The van der Waals surface area contributed by atoms with Gasteiger partial charge in [-0.05, 0) is 36.1 Å². The number of rotatable bonds is 5. The van der Waals surface area contributed by atoms with Crippen molar-refractivity contribution in [1.29, 1.82) is 0 Å². The molecule has 1 spiro atoms. The van der Waals surface area contributed by atoms with E-state index < -0.39 is 15.6 Å². The van der Waals surface area contributed by atoms with Crippen LogP contribution < -0.4 is 4.74 Å². The molecule has 1 saturated heterocycles. The van der Waals surface area contributed by atoms with Gasteiger partial charge in [0.25, 0.3) is 0 Å². The zero-order valence-corrected chi connectivity index (χ0v) is 20.0. The van der Waals surface area contributed by atoms with E-state index >= 15 is 0 Å². The van der Waals surface area contributed by atoms with E-state index in [2.05, 4.69) is 33.7 Å². The summed E-state index contributed by atoms with van der Waals surface area (Å²) in [7, 11) is -1.70. The maximum atomic E-state index is 12.8. The molecule has 0 aliphatic carbocycles. The van der Waals surface area contributed by atoms with E-state index in [0.29, 0.717) is 13.1 Å². The van der Waals surface area contributed by atoms with Crippen LogP contribution in [0.15, 0.2) is 60.8 Å². The van der Waals surface area contributed by atoms with E-state index in [1.807, 2.05) is 36.5 Å². The van der Waals surface area contributed by atoms with Gasteiger partial charge in [0.1, 0.15) is 11.6 Å². The molecule has 33 heavy (non-hydrogen) atoms. The van der Waals surface area contributed by atoms with Crippen LogP contribution in [-0.4, -0.2) is 60.2 Å². The summed E-state index contributed by atoms with van der Waals surface area (Å²) in [6.07, 6.45) is 4.68. The number of imidazole rings is 1. The van der Waals surface area contributed by atoms with Crippen LogP contribution in [0.25, 0.3) is 11.3 Å². The number of hydrogen-bond donors (Lipinski definition) is 0. The topological polar surface area (TPSA) is 67.7 Å². The minimum atomic E-state index is -3.37. The average Bonchev–Trinajstić information content (AvgIpc) is 3.26. The Balaban J connectivity index is 1.43. The lowest BCUT2D eigenvalue weighted by Gasteiger charge is -2.49. The van der Waals surface area contributed by atoms with E-state index in [0.717, 1.165) is 55.3 Å². The third kappa shape index (κ3) is 4.07. The smallest absolute Gasteiger partial charge is 0.212 e.